The Hall–Kier alpha value is -9.78. The third-order valence-corrected chi connectivity index (χ3v) is 17.9. The summed E-state index contributed by atoms with van der Waals surface area (Å²) in [7, 11) is 0. The lowest BCUT2D eigenvalue weighted by atomic mass is 9.84. The van der Waals surface area contributed by atoms with Gasteiger partial charge in [-0.05, 0) is 109 Å². The van der Waals surface area contributed by atoms with E-state index in [1.165, 1.54) is 70.7 Å². The highest BCUT2D eigenvalue weighted by Crippen LogP contribution is 2.52. The monoisotopic (exact) mass is 1070 g/mol. The summed E-state index contributed by atoms with van der Waals surface area (Å²) in [5.74, 6) is 0.829. The summed E-state index contributed by atoms with van der Waals surface area (Å²) in [4.78, 5) is 4.80. The molecule has 0 aliphatic heterocycles. The van der Waals surface area contributed by atoms with Gasteiger partial charge in [-0.15, -0.1) is 0 Å². The van der Waals surface area contributed by atoms with Crippen LogP contribution in [-0.4, -0.2) is 8.80 Å². The van der Waals surface area contributed by atoms with Crippen LogP contribution in [0.15, 0.2) is 210 Å². The number of furan rings is 2. The quantitative estimate of drug-likeness (QED) is 0.152. The highest BCUT2D eigenvalue weighted by Gasteiger charge is 2.31. The number of aryl methyl sites for hydroxylation is 2. The molecule has 6 aromatic heterocycles. The number of para-hydroxylation sites is 5. The van der Waals surface area contributed by atoms with E-state index in [1.54, 1.807) is 0 Å². The maximum absolute atomic E-state index is 7.14. The van der Waals surface area contributed by atoms with Crippen LogP contribution in [0.2, 0.25) is 0 Å². The number of aromatic nitrogens is 2. The number of nitrogens with zero attached hydrogens (tertiary/aromatic N) is 4. The molecular weight excluding hydrogens is 1010 g/mol. The summed E-state index contributed by atoms with van der Waals surface area (Å²) in [6.45, 7) is 24.5. The van der Waals surface area contributed by atoms with E-state index in [1.807, 2.05) is 0 Å². The van der Waals surface area contributed by atoms with Crippen LogP contribution >= 0.6 is 0 Å². The predicted molar refractivity (Wildman–Crippen MR) is 354 cm³/mol. The van der Waals surface area contributed by atoms with Crippen molar-refractivity contribution in [3.8, 4) is 0 Å². The standard InChI is InChI=1S/C77H62N4O2/c1-11-21-57-59-36-32-44(2)68(74(59)82-72(57)46(4)76(5,6)7)78(47-22-14-12-15-23-47)49-34-38-51-53-26-18-28-55-61-43-67-62(42-66(61)80(70(53)55)64(51)40-49)56-29-19-27-54-52-39-35-50(41-65(52)81(67)71(54)56)79(48-24-16-13-17-25-48)69-45(3)33-37-60-58-30-20-31-63(77(8,9)10)73(58)83-75(60)69/h11-43H,4H2,1-3,5-10H3/b21-11-. The summed E-state index contributed by atoms with van der Waals surface area (Å²) in [5.41, 5.74) is 21.3. The molecule has 0 aliphatic carbocycles. The topological polar surface area (TPSA) is 41.6 Å². The molecule has 6 heteroatoms. The third kappa shape index (κ3) is 6.90. The summed E-state index contributed by atoms with van der Waals surface area (Å²) < 4.78 is 19.3. The van der Waals surface area contributed by atoms with Crippen molar-refractivity contribution in [2.45, 2.75) is 67.7 Å². The van der Waals surface area contributed by atoms with E-state index in [9.17, 15) is 0 Å². The Labute approximate surface area is 481 Å². The number of anilines is 6. The lowest BCUT2D eigenvalue weighted by molar-refractivity contribution is 0.525. The summed E-state index contributed by atoms with van der Waals surface area (Å²) >= 11 is 0. The molecule has 0 fully saturated rings. The Bertz CT molecular complexity index is 5400. The minimum Gasteiger partial charge on any atom is -0.454 e. The maximum Gasteiger partial charge on any atom is 0.159 e. The Morgan fingerprint density at radius 2 is 0.855 bits per heavy atom. The van der Waals surface area contributed by atoms with Gasteiger partial charge in [0.1, 0.15) is 11.3 Å². The highest BCUT2D eigenvalue weighted by molar-refractivity contribution is 6.29. The van der Waals surface area contributed by atoms with Crippen LogP contribution < -0.4 is 9.80 Å². The second-order valence-electron chi connectivity index (χ2n) is 25.0. The van der Waals surface area contributed by atoms with Gasteiger partial charge in [-0.1, -0.05) is 188 Å². The fourth-order valence-corrected chi connectivity index (χ4v) is 13.9. The Morgan fingerprint density at radius 3 is 1.35 bits per heavy atom. The second-order valence-corrected chi connectivity index (χ2v) is 25.0. The average molecular weight is 1080 g/mol. The van der Waals surface area contributed by atoms with Gasteiger partial charge < -0.3 is 27.4 Å². The fraction of sp³-hybridized carbons (Fsp3) is 0.143. The van der Waals surface area contributed by atoms with E-state index >= 15 is 0 Å². The van der Waals surface area contributed by atoms with Crippen LogP contribution in [0.5, 0.6) is 0 Å². The van der Waals surface area contributed by atoms with E-state index in [4.69, 9.17) is 8.83 Å². The van der Waals surface area contributed by atoms with Crippen LogP contribution in [0, 0.1) is 19.3 Å². The number of fused-ring (bicyclic) bond motifs is 16. The van der Waals surface area contributed by atoms with Gasteiger partial charge in [0, 0.05) is 93.1 Å². The van der Waals surface area contributed by atoms with Crippen molar-refractivity contribution in [1.82, 2.24) is 8.80 Å². The van der Waals surface area contributed by atoms with Crippen molar-refractivity contribution < 1.29 is 8.83 Å². The van der Waals surface area contributed by atoms with E-state index in [-0.39, 0.29) is 10.8 Å². The molecule has 0 radical (unpaired) electrons. The molecule has 10 aromatic carbocycles. The number of rotatable bonds is 8. The lowest BCUT2D eigenvalue weighted by Gasteiger charge is -2.27. The van der Waals surface area contributed by atoms with Crippen LogP contribution in [0.3, 0.4) is 0 Å². The van der Waals surface area contributed by atoms with E-state index in [2.05, 4.69) is 288 Å². The van der Waals surface area contributed by atoms with Crippen molar-refractivity contribution in [3.63, 3.8) is 0 Å². The Balaban J connectivity index is 0.926. The maximum atomic E-state index is 7.14. The molecule has 16 aromatic rings. The average Bonchev–Trinajstić information content (AvgIpc) is 1.93. The molecule has 0 unspecified atom stereocenters. The van der Waals surface area contributed by atoms with Gasteiger partial charge in [-0.3, -0.25) is 0 Å². The molecule has 83 heavy (non-hydrogen) atoms. The SMILES string of the molecule is C=C(c1oc2c(N(c3ccccc3)c3ccc4c5cccc6c7cc8c(cc7n(c4c3)c56)c3cccc4c5ccc(N(c6ccccc6)c6c(C)ccc7c6oc6c(C(C)(C)C)cccc67)cc5n8c43)c(C)ccc2c1/C=C\C)C(C)(C)C. The van der Waals surface area contributed by atoms with Crippen molar-refractivity contribution in [2.24, 2.45) is 5.41 Å². The van der Waals surface area contributed by atoms with Gasteiger partial charge in [-0.25, -0.2) is 0 Å². The molecule has 0 atom stereocenters. The first kappa shape index (κ1) is 49.1. The van der Waals surface area contributed by atoms with Gasteiger partial charge in [0.15, 0.2) is 11.2 Å². The van der Waals surface area contributed by atoms with Crippen LogP contribution in [0.4, 0.5) is 34.1 Å². The molecule has 0 aliphatic rings. The minimum absolute atomic E-state index is 0.0958. The number of hydrogen-bond donors (Lipinski definition) is 0. The Kier molecular flexibility index (Phi) is 10.3. The largest absolute Gasteiger partial charge is 0.454 e. The first-order valence-electron chi connectivity index (χ1n) is 29.1. The molecule has 0 bridgehead atoms. The fourth-order valence-electron chi connectivity index (χ4n) is 13.9. The molecule has 0 amide bonds. The van der Waals surface area contributed by atoms with Crippen LogP contribution in [0.25, 0.3) is 121 Å². The highest BCUT2D eigenvalue weighted by atomic mass is 16.3. The Morgan fingerprint density at radius 1 is 0.422 bits per heavy atom. The van der Waals surface area contributed by atoms with E-state index < -0.39 is 0 Å². The van der Waals surface area contributed by atoms with Crippen LogP contribution in [-0.2, 0) is 5.41 Å². The van der Waals surface area contributed by atoms with Crippen molar-refractivity contribution >= 4 is 155 Å². The van der Waals surface area contributed by atoms with Gasteiger partial charge in [-0.2, -0.15) is 0 Å². The number of hydrogen-bond acceptors (Lipinski definition) is 4. The molecule has 402 valence electrons. The molecule has 6 heterocycles. The molecule has 0 N–H and O–H groups in total. The lowest BCUT2D eigenvalue weighted by Crippen LogP contribution is -2.11. The molecule has 16 rings (SSSR count). The van der Waals surface area contributed by atoms with Crippen molar-refractivity contribution in [3.05, 3.63) is 229 Å². The zero-order valence-corrected chi connectivity index (χ0v) is 48.4. The summed E-state index contributed by atoms with van der Waals surface area (Å²) in [6.07, 6.45) is 4.26. The zero-order valence-electron chi connectivity index (χ0n) is 48.4. The smallest absolute Gasteiger partial charge is 0.159 e. The molecule has 6 nitrogen and oxygen atoms in total. The summed E-state index contributed by atoms with van der Waals surface area (Å²) in [5, 5.41) is 13.2. The zero-order chi connectivity index (χ0) is 56.5. The number of benzene rings is 10. The second kappa shape index (κ2) is 17.4. The van der Waals surface area contributed by atoms with Gasteiger partial charge in [0.05, 0.1) is 44.5 Å². The van der Waals surface area contributed by atoms with E-state index in [0.29, 0.717) is 0 Å². The first-order valence-corrected chi connectivity index (χ1v) is 29.1. The number of allylic oxidation sites excluding steroid dienone is 2. The normalized spacial score (nSPS) is 12.9. The predicted octanol–water partition coefficient (Wildman–Crippen LogP) is 22.6. The van der Waals surface area contributed by atoms with Crippen molar-refractivity contribution in [2.75, 3.05) is 9.80 Å². The molecule has 0 saturated carbocycles. The van der Waals surface area contributed by atoms with E-state index in [0.717, 1.165) is 106 Å². The molecule has 0 saturated heterocycles. The molecular formula is C77H62N4O2. The van der Waals surface area contributed by atoms with Crippen molar-refractivity contribution in [1.29, 1.82) is 0 Å². The summed E-state index contributed by atoms with van der Waals surface area (Å²) in [6, 6.07) is 69.7. The minimum atomic E-state index is -0.194. The van der Waals surface area contributed by atoms with Gasteiger partial charge in [0.25, 0.3) is 0 Å². The van der Waals surface area contributed by atoms with Crippen LogP contribution in [0.1, 0.15) is 76.5 Å². The molecule has 0 spiro atoms. The third-order valence-electron chi connectivity index (χ3n) is 17.9. The van der Waals surface area contributed by atoms with Gasteiger partial charge in [0.2, 0.25) is 0 Å². The van der Waals surface area contributed by atoms with Gasteiger partial charge >= 0.3 is 0 Å². The first-order chi connectivity index (χ1) is 40.2.